The summed E-state index contributed by atoms with van der Waals surface area (Å²) >= 11 is 1.56. The van der Waals surface area contributed by atoms with Crippen LogP contribution in [0.1, 0.15) is 19.8 Å². The fourth-order valence-electron chi connectivity index (χ4n) is 2.72. The lowest BCUT2D eigenvalue weighted by atomic mass is 10.2. The molecule has 128 valence electrons. The van der Waals surface area contributed by atoms with Gasteiger partial charge in [-0.3, -0.25) is 14.4 Å². The van der Waals surface area contributed by atoms with Crippen LogP contribution in [0.2, 0.25) is 0 Å². The monoisotopic (exact) mass is 343 g/mol. The molecule has 0 aliphatic carbocycles. The SMILES string of the molecule is CNC(=O)CN(C)C(=O)COC(=O)[C@@H]1CS[C@]2(C)CCC(=O)N12. The molecule has 0 bridgehead atoms. The van der Waals surface area contributed by atoms with Gasteiger partial charge in [0.25, 0.3) is 5.91 Å². The van der Waals surface area contributed by atoms with Crippen molar-refractivity contribution in [2.75, 3.05) is 33.0 Å². The van der Waals surface area contributed by atoms with Crippen LogP contribution in [0.25, 0.3) is 0 Å². The summed E-state index contributed by atoms with van der Waals surface area (Å²) in [6.45, 7) is 1.40. The zero-order valence-electron chi connectivity index (χ0n) is 13.5. The number of carbonyl (C=O) groups is 4. The molecule has 2 saturated heterocycles. The first-order chi connectivity index (χ1) is 10.8. The van der Waals surface area contributed by atoms with Crippen molar-refractivity contribution in [3.8, 4) is 0 Å². The summed E-state index contributed by atoms with van der Waals surface area (Å²) in [6.07, 6.45) is 1.15. The van der Waals surface area contributed by atoms with Crippen LogP contribution in [0.4, 0.5) is 0 Å². The number of esters is 1. The molecule has 0 spiro atoms. The number of fused-ring (bicyclic) bond motifs is 1. The highest BCUT2D eigenvalue weighted by Gasteiger charge is 2.53. The van der Waals surface area contributed by atoms with E-state index in [4.69, 9.17) is 4.74 Å². The van der Waals surface area contributed by atoms with Gasteiger partial charge in [0.1, 0.15) is 6.04 Å². The highest BCUT2D eigenvalue weighted by atomic mass is 32.2. The Morgan fingerprint density at radius 2 is 2.17 bits per heavy atom. The quantitative estimate of drug-likeness (QED) is 0.656. The van der Waals surface area contributed by atoms with E-state index in [1.165, 1.54) is 19.0 Å². The topological polar surface area (TPSA) is 96.0 Å². The number of ether oxygens (including phenoxy) is 1. The second kappa shape index (κ2) is 6.77. The molecule has 0 unspecified atom stereocenters. The second-order valence-corrected chi connectivity index (χ2v) is 7.30. The standard InChI is InChI=1S/C14H21N3O5S/c1-14-5-4-11(19)17(14)9(8-23-14)13(21)22-7-12(20)16(3)6-10(18)15-2/h9H,4-8H2,1-3H3,(H,15,18)/t9-,14+/m0/s1. The average molecular weight is 343 g/mol. The van der Waals surface area contributed by atoms with E-state index in [1.807, 2.05) is 6.92 Å². The number of nitrogens with zero attached hydrogens (tertiary/aromatic N) is 2. The molecule has 0 saturated carbocycles. The molecule has 2 fully saturated rings. The van der Waals surface area contributed by atoms with E-state index < -0.39 is 24.5 Å². The number of nitrogens with one attached hydrogen (secondary N) is 1. The van der Waals surface area contributed by atoms with Crippen molar-refractivity contribution in [3.05, 3.63) is 0 Å². The molecule has 0 aromatic rings. The van der Waals surface area contributed by atoms with Gasteiger partial charge in [0.15, 0.2) is 6.61 Å². The molecule has 3 amide bonds. The Kier molecular flexibility index (Phi) is 5.18. The summed E-state index contributed by atoms with van der Waals surface area (Å²) in [6, 6.07) is -0.642. The zero-order valence-corrected chi connectivity index (χ0v) is 14.3. The molecular formula is C14H21N3O5S. The van der Waals surface area contributed by atoms with Gasteiger partial charge in [0, 0.05) is 26.3 Å². The van der Waals surface area contributed by atoms with Gasteiger partial charge in [0.2, 0.25) is 11.8 Å². The van der Waals surface area contributed by atoms with Crippen LogP contribution in [0.5, 0.6) is 0 Å². The van der Waals surface area contributed by atoms with Gasteiger partial charge >= 0.3 is 5.97 Å². The van der Waals surface area contributed by atoms with E-state index in [9.17, 15) is 19.2 Å². The number of thioether (sulfide) groups is 1. The largest absolute Gasteiger partial charge is 0.454 e. The second-order valence-electron chi connectivity index (χ2n) is 5.80. The van der Waals surface area contributed by atoms with Crippen molar-refractivity contribution in [2.24, 2.45) is 0 Å². The van der Waals surface area contributed by atoms with Crippen molar-refractivity contribution in [1.29, 1.82) is 0 Å². The molecule has 8 nitrogen and oxygen atoms in total. The Balaban J connectivity index is 1.87. The van der Waals surface area contributed by atoms with Crippen LogP contribution in [0.15, 0.2) is 0 Å². The lowest BCUT2D eigenvalue weighted by molar-refractivity contribution is -0.158. The summed E-state index contributed by atoms with van der Waals surface area (Å²) in [5.41, 5.74) is 0. The fraction of sp³-hybridized carbons (Fsp3) is 0.714. The number of carbonyl (C=O) groups excluding carboxylic acids is 4. The Hall–Kier alpha value is -1.77. The first-order valence-electron chi connectivity index (χ1n) is 7.36. The van der Waals surface area contributed by atoms with Gasteiger partial charge < -0.3 is 19.9 Å². The minimum Gasteiger partial charge on any atom is -0.454 e. The van der Waals surface area contributed by atoms with Crippen molar-refractivity contribution < 1.29 is 23.9 Å². The molecule has 2 atom stereocenters. The molecule has 2 heterocycles. The van der Waals surface area contributed by atoms with Crippen molar-refractivity contribution in [3.63, 3.8) is 0 Å². The maximum absolute atomic E-state index is 12.2. The van der Waals surface area contributed by atoms with Gasteiger partial charge in [-0.25, -0.2) is 4.79 Å². The molecule has 0 aromatic heterocycles. The van der Waals surface area contributed by atoms with Gasteiger partial charge in [-0.05, 0) is 13.3 Å². The summed E-state index contributed by atoms with van der Waals surface area (Å²) < 4.78 is 5.06. The number of hydrogen-bond donors (Lipinski definition) is 1. The number of hydrogen-bond acceptors (Lipinski definition) is 6. The van der Waals surface area contributed by atoms with Crippen LogP contribution in [0, 0.1) is 0 Å². The van der Waals surface area contributed by atoms with Crippen LogP contribution in [0.3, 0.4) is 0 Å². The molecule has 2 rings (SSSR count). The molecule has 0 aromatic carbocycles. The van der Waals surface area contributed by atoms with E-state index in [0.717, 1.165) is 0 Å². The Morgan fingerprint density at radius 1 is 1.48 bits per heavy atom. The third-order valence-electron chi connectivity index (χ3n) is 4.14. The predicted molar refractivity (Wildman–Crippen MR) is 83.4 cm³/mol. The van der Waals surface area contributed by atoms with Crippen LogP contribution in [-0.2, 0) is 23.9 Å². The van der Waals surface area contributed by atoms with E-state index >= 15 is 0 Å². The summed E-state index contributed by atoms with van der Waals surface area (Å²) in [5, 5.41) is 2.41. The highest BCUT2D eigenvalue weighted by Crippen LogP contribution is 2.47. The first-order valence-corrected chi connectivity index (χ1v) is 8.34. The van der Waals surface area contributed by atoms with Crippen molar-refractivity contribution in [1.82, 2.24) is 15.1 Å². The third-order valence-corrected chi connectivity index (χ3v) is 5.65. The van der Waals surface area contributed by atoms with Crippen molar-refractivity contribution >= 4 is 35.5 Å². The zero-order chi connectivity index (χ0) is 17.2. The van der Waals surface area contributed by atoms with E-state index in [-0.39, 0.29) is 23.2 Å². The molecule has 0 radical (unpaired) electrons. The lowest BCUT2D eigenvalue weighted by Gasteiger charge is -2.29. The van der Waals surface area contributed by atoms with Crippen molar-refractivity contribution in [2.45, 2.75) is 30.7 Å². The van der Waals surface area contributed by atoms with Gasteiger partial charge in [0.05, 0.1) is 11.4 Å². The minimum absolute atomic E-state index is 0.0532. The Morgan fingerprint density at radius 3 is 2.83 bits per heavy atom. The Bertz CT molecular complexity index is 541. The Labute approximate surface area is 138 Å². The maximum atomic E-state index is 12.2. The number of rotatable bonds is 5. The molecule has 2 aliphatic rings. The summed E-state index contributed by atoms with van der Waals surface area (Å²) in [5.74, 6) is -0.926. The first kappa shape index (κ1) is 17.6. The van der Waals surface area contributed by atoms with E-state index in [1.54, 1.807) is 16.7 Å². The molecular weight excluding hydrogens is 322 g/mol. The summed E-state index contributed by atoms with van der Waals surface area (Å²) in [4.78, 5) is 49.6. The molecule has 9 heteroatoms. The van der Waals surface area contributed by atoms with Gasteiger partial charge in [-0.2, -0.15) is 0 Å². The van der Waals surface area contributed by atoms with Crippen LogP contribution >= 0.6 is 11.8 Å². The third kappa shape index (κ3) is 3.60. The van der Waals surface area contributed by atoms with E-state index in [0.29, 0.717) is 18.6 Å². The highest BCUT2D eigenvalue weighted by molar-refractivity contribution is 8.01. The van der Waals surface area contributed by atoms with Crippen LogP contribution in [-0.4, -0.2) is 77.4 Å². The summed E-state index contributed by atoms with van der Waals surface area (Å²) in [7, 11) is 2.93. The van der Waals surface area contributed by atoms with E-state index in [2.05, 4.69) is 5.32 Å². The fourth-order valence-corrected chi connectivity index (χ4v) is 4.13. The number of likely N-dealkylation sites (N-methyl/N-ethyl adjacent to an activating group) is 2. The molecule has 1 N–H and O–H groups in total. The molecule has 2 aliphatic heterocycles. The predicted octanol–water partition coefficient (Wildman–Crippen LogP) is -0.812. The van der Waals surface area contributed by atoms with Gasteiger partial charge in [-0.1, -0.05) is 0 Å². The van der Waals surface area contributed by atoms with Crippen LogP contribution < -0.4 is 5.32 Å². The maximum Gasteiger partial charge on any atom is 0.330 e. The minimum atomic E-state index is -0.642. The lowest BCUT2D eigenvalue weighted by Crippen LogP contribution is -2.47. The smallest absolute Gasteiger partial charge is 0.330 e. The molecule has 23 heavy (non-hydrogen) atoms. The van der Waals surface area contributed by atoms with Gasteiger partial charge in [-0.15, -0.1) is 11.8 Å². The normalized spacial score (nSPS) is 26.0. The average Bonchev–Trinajstić information content (AvgIpc) is 3.01. The number of amides is 3.